The van der Waals surface area contributed by atoms with Gasteiger partial charge in [0.05, 0.1) is 23.2 Å². The quantitative estimate of drug-likeness (QED) is 0.516. The largest absolute Gasteiger partial charge is 0.399 e. The van der Waals surface area contributed by atoms with Crippen LogP contribution < -0.4 is 11.1 Å². The van der Waals surface area contributed by atoms with Gasteiger partial charge in [0, 0.05) is 17.5 Å². The number of carbonyl (C=O) groups excluding carboxylic acids is 1. The molecular formula is C22H24Cl2FN3OS. The number of thiazole rings is 1. The van der Waals surface area contributed by atoms with Gasteiger partial charge in [-0.05, 0) is 60.2 Å². The van der Waals surface area contributed by atoms with Crippen molar-refractivity contribution in [3.05, 3.63) is 81.1 Å². The van der Waals surface area contributed by atoms with Gasteiger partial charge in [0.1, 0.15) is 5.82 Å². The van der Waals surface area contributed by atoms with Crippen LogP contribution in [-0.2, 0) is 24.1 Å². The fourth-order valence-corrected chi connectivity index (χ4v) is 4.51. The zero-order valence-corrected chi connectivity index (χ0v) is 18.7. The lowest BCUT2D eigenvalue weighted by Gasteiger charge is -2.26. The molecule has 8 heteroatoms. The lowest BCUT2D eigenvalue weighted by atomic mass is 9.87. The molecule has 0 fully saturated rings. The third kappa shape index (κ3) is 5.94. The molecule has 1 atom stereocenters. The molecule has 1 aliphatic rings. The summed E-state index contributed by atoms with van der Waals surface area (Å²) in [7, 11) is 0. The first kappa shape index (κ1) is 24.1. The van der Waals surface area contributed by atoms with E-state index < -0.39 is 0 Å². The second-order valence-corrected chi connectivity index (χ2v) is 8.13. The van der Waals surface area contributed by atoms with Gasteiger partial charge >= 0.3 is 0 Å². The summed E-state index contributed by atoms with van der Waals surface area (Å²) in [6, 6.07) is 12.4. The highest BCUT2D eigenvalue weighted by Gasteiger charge is 2.22. The minimum Gasteiger partial charge on any atom is -0.399 e. The number of hydrogen-bond acceptors (Lipinski definition) is 4. The number of carbonyl (C=O) groups is 1. The molecule has 1 amide bonds. The van der Waals surface area contributed by atoms with Crippen molar-refractivity contribution in [1.82, 2.24) is 10.3 Å². The highest BCUT2D eigenvalue weighted by molar-refractivity contribution is 7.09. The number of rotatable bonds is 5. The van der Waals surface area contributed by atoms with Crippen LogP contribution in [0.4, 0.5) is 10.1 Å². The van der Waals surface area contributed by atoms with Crippen LogP contribution in [0, 0.1) is 5.82 Å². The third-order valence-electron chi connectivity index (χ3n) is 5.03. The van der Waals surface area contributed by atoms with Crippen molar-refractivity contribution in [3.63, 3.8) is 0 Å². The predicted molar refractivity (Wildman–Crippen MR) is 124 cm³/mol. The number of aromatic nitrogens is 1. The number of benzene rings is 2. The maximum atomic E-state index is 13.0. The number of halogens is 3. The summed E-state index contributed by atoms with van der Waals surface area (Å²) in [5.74, 6) is -0.263. The Morgan fingerprint density at radius 1 is 1.20 bits per heavy atom. The van der Waals surface area contributed by atoms with E-state index in [2.05, 4.69) is 10.3 Å². The fourth-order valence-electron chi connectivity index (χ4n) is 3.68. The van der Waals surface area contributed by atoms with Gasteiger partial charge in [-0.2, -0.15) is 0 Å². The topological polar surface area (TPSA) is 68.0 Å². The molecule has 1 aromatic heterocycles. The molecule has 1 heterocycles. The normalized spacial score (nSPS) is 14.8. The molecule has 0 spiro atoms. The molecule has 0 radical (unpaired) electrons. The molecule has 1 unspecified atom stereocenters. The molecule has 1 aliphatic carbocycles. The van der Waals surface area contributed by atoms with Crippen LogP contribution in [-0.4, -0.2) is 10.9 Å². The first-order valence-electron chi connectivity index (χ1n) is 9.42. The van der Waals surface area contributed by atoms with Gasteiger partial charge in [-0.3, -0.25) is 4.79 Å². The number of nitrogens with two attached hydrogens (primary N) is 1. The van der Waals surface area contributed by atoms with E-state index in [1.165, 1.54) is 34.6 Å². The molecule has 0 saturated heterocycles. The highest BCUT2D eigenvalue weighted by atomic mass is 35.5. The van der Waals surface area contributed by atoms with Crippen molar-refractivity contribution in [2.75, 3.05) is 5.73 Å². The standard InChI is InChI=1S/C22H22FN3OS.2ClH/c23-16-6-4-14(5-7-16)10-22-25-18(13-28-22)12-21(27)26-20-3-1-2-15-11-17(24)8-9-19(15)20;;/h4-9,11,13,20H,1-3,10,12,24H2,(H,26,27);2*1H. The van der Waals surface area contributed by atoms with E-state index >= 15 is 0 Å². The number of anilines is 1. The van der Waals surface area contributed by atoms with E-state index in [0.717, 1.165) is 41.2 Å². The minimum absolute atomic E-state index is 0. The first-order chi connectivity index (χ1) is 13.6. The Bertz CT molecular complexity index is 994. The van der Waals surface area contributed by atoms with E-state index in [1.54, 1.807) is 12.1 Å². The van der Waals surface area contributed by atoms with Gasteiger partial charge in [0.25, 0.3) is 0 Å². The predicted octanol–water partition coefficient (Wildman–Crippen LogP) is 5.04. The molecule has 3 N–H and O–H groups in total. The van der Waals surface area contributed by atoms with Crippen LogP contribution in [0.2, 0.25) is 0 Å². The second kappa shape index (κ2) is 10.8. The molecule has 4 rings (SSSR count). The van der Waals surface area contributed by atoms with Gasteiger partial charge in [0.15, 0.2) is 0 Å². The SMILES string of the molecule is Cl.Cl.Nc1ccc2c(c1)CCCC2NC(=O)Cc1csc(Cc2ccc(F)cc2)n1. The van der Waals surface area contributed by atoms with E-state index in [9.17, 15) is 9.18 Å². The summed E-state index contributed by atoms with van der Waals surface area (Å²) in [6.45, 7) is 0. The van der Waals surface area contributed by atoms with Crippen LogP contribution in [0.5, 0.6) is 0 Å². The van der Waals surface area contributed by atoms with Crippen molar-refractivity contribution in [1.29, 1.82) is 0 Å². The Morgan fingerprint density at radius 3 is 2.73 bits per heavy atom. The van der Waals surface area contributed by atoms with E-state index in [1.807, 2.05) is 23.6 Å². The maximum Gasteiger partial charge on any atom is 0.226 e. The number of aryl methyl sites for hydroxylation is 1. The summed E-state index contributed by atoms with van der Waals surface area (Å²) in [4.78, 5) is 17.1. The number of nitrogens with zero attached hydrogens (tertiary/aromatic N) is 1. The number of fused-ring (bicyclic) bond motifs is 1. The van der Waals surface area contributed by atoms with Gasteiger partial charge < -0.3 is 11.1 Å². The van der Waals surface area contributed by atoms with Crippen molar-refractivity contribution >= 4 is 47.7 Å². The zero-order chi connectivity index (χ0) is 19.5. The molecule has 0 bridgehead atoms. The molecular weight excluding hydrogens is 444 g/mol. The minimum atomic E-state index is -0.243. The number of amides is 1. The van der Waals surface area contributed by atoms with Gasteiger partial charge in [-0.1, -0.05) is 18.2 Å². The number of nitrogens with one attached hydrogen (secondary N) is 1. The van der Waals surface area contributed by atoms with Gasteiger partial charge in [0.2, 0.25) is 5.91 Å². The average Bonchev–Trinajstić information content (AvgIpc) is 3.10. The van der Waals surface area contributed by atoms with Crippen LogP contribution in [0.1, 0.15) is 46.3 Å². The summed E-state index contributed by atoms with van der Waals surface area (Å²) in [5, 5.41) is 6.00. The zero-order valence-electron chi connectivity index (χ0n) is 16.3. The maximum absolute atomic E-state index is 13.0. The van der Waals surface area contributed by atoms with Crippen LogP contribution in [0.3, 0.4) is 0 Å². The molecule has 30 heavy (non-hydrogen) atoms. The Balaban J connectivity index is 0.00000160. The van der Waals surface area contributed by atoms with Gasteiger partial charge in [-0.15, -0.1) is 36.2 Å². The lowest BCUT2D eigenvalue weighted by Crippen LogP contribution is -2.32. The van der Waals surface area contributed by atoms with Crippen molar-refractivity contribution in [2.24, 2.45) is 0 Å². The first-order valence-corrected chi connectivity index (χ1v) is 10.3. The molecule has 160 valence electrons. The Hall–Kier alpha value is -2.15. The Morgan fingerprint density at radius 2 is 1.97 bits per heavy atom. The van der Waals surface area contributed by atoms with Crippen LogP contribution in [0.25, 0.3) is 0 Å². The van der Waals surface area contributed by atoms with Crippen molar-refractivity contribution in [3.8, 4) is 0 Å². The van der Waals surface area contributed by atoms with E-state index in [0.29, 0.717) is 6.42 Å². The molecule has 4 nitrogen and oxygen atoms in total. The third-order valence-corrected chi connectivity index (χ3v) is 5.92. The van der Waals surface area contributed by atoms with Crippen LogP contribution in [0.15, 0.2) is 47.8 Å². The second-order valence-electron chi connectivity index (χ2n) is 7.18. The lowest BCUT2D eigenvalue weighted by molar-refractivity contribution is -0.121. The number of hydrogen-bond donors (Lipinski definition) is 2. The summed E-state index contributed by atoms with van der Waals surface area (Å²) < 4.78 is 13.0. The van der Waals surface area contributed by atoms with Crippen molar-refractivity contribution in [2.45, 2.75) is 38.1 Å². The van der Waals surface area contributed by atoms with Crippen molar-refractivity contribution < 1.29 is 9.18 Å². The molecule has 0 saturated carbocycles. The monoisotopic (exact) mass is 467 g/mol. The summed E-state index contributed by atoms with van der Waals surface area (Å²) in [5.41, 5.74) is 10.8. The van der Waals surface area contributed by atoms with E-state index in [4.69, 9.17) is 5.73 Å². The Labute approximate surface area is 191 Å². The fraction of sp³-hybridized carbons (Fsp3) is 0.273. The molecule has 2 aromatic carbocycles. The summed E-state index contributed by atoms with van der Waals surface area (Å²) in [6.07, 6.45) is 3.89. The molecule has 3 aromatic rings. The van der Waals surface area contributed by atoms with Crippen LogP contribution >= 0.6 is 36.2 Å². The Kier molecular flexibility index (Phi) is 8.65. The van der Waals surface area contributed by atoms with E-state index in [-0.39, 0.29) is 49.0 Å². The molecule has 0 aliphatic heterocycles. The average molecular weight is 468 g/mol. The smallest absolute Gasteiger partial charge is 0.226 e. The number of nitrogen functional groups attached to an aromatic ring is 1. The van der Waals surface area contributed by atoms with Gasteiger partial charge in [-0.25, -0.2) is 9.37 Å². The summed E-state index contributed by atoms with van der Waals surface area (Å²) >= 11 is 1.53. The highest BCUT2D eigenvalue weighted by Crippen LogP contribution is 2.31.